The fourth-order valence-electron chi connectivity index (χ4n) is 3.08. The number of hydrogen-bond acceptors (Lipinski definition) is 6. The van der Waals surface area contributed by atoms with Gasteiger partial charge in [-0.3, -0.25) is 4.79 Å². The fraction of sp³-hybridized carbons (Fsp3) is 0.160. The number of benzene rings is 2. The van der Waals surface area contributed by atoms with Gasteiger partial charge in [0.1, 0.15) is 23.9 Å². The molecule has 2 heterocycles. The summed E-state index contributed by atoms with van der Waals surface area (Å²) in [5.41, 5.74) is 3.75. The number of amides is 1. The number of anilines is 1. The van der Waals surface area contributed by atoms with Gasteiger partial charge < -0.3 is 19.3 Å². The van der Waals surface area contributed by atoms with Gasteiger partial charge >= 0.3 is 0 Å². The average Bonchev–Trinajstić information content (AvgIpc) is 3.12. The predicted octanol–water partition coefficient (Wildman–Crippen LogP) is 5.62. The van der Waals surface area contributed by atoms with Gasteiger partial charge in [0, 0.05) is 6.07 Å². The molecule has 0 unspecified atom stereocenters. The van der Waals surface area contributed by atoms with Gasteiger partial charge in [-0.1, -0.05) is 35.0 Å². The highest BCUT2D eigenvalue weighted by atomic mass is 16.5. The third-order valence-corrected chi connectivity index (χ3v) is 4.92. The van der Waals surface area contributed by atoms with Crippen molar-refractivity contribution in [2.75, 3.05) is 5.32 Å². The Hall–Kier alpha value is -4.13. The van der Waals surface area contributed by atoms with Crippen molar-refractivity contribution < 1.29 is 18.8 Å². The second kappa shape index (κ2) is 9.34. The van der Waals surface area contributed by atoms with Crippen LogP contribution in [0.25, 0.3) is 0 Å². The molecule has 0 spiro atoms. The Balaban J connectivity index is 1.42. The Labute approximate surface area is 186 Å². The van der Waals surface area contributed by atoms with Gasteiger partial charge in [-0.15, -0.1) is 0 Å². The number of nitrogens with one attached hydrogen (secondary N) is 1. The molecule has 0 saturated carbocycles. The summed E-state index contributed by atoms with van der Waals surface area (Å²) in [5, 5.41) is 6.77. The molecule has 0 bridgehead atoms. The molecule has 4 rings (SSSR count). The van der Waals surface area contributed by atoms with Crippen molar-refractivity contribution in [3.05, 3.63) is 95.0 Å². The first kappa shape index (κ1) is 21.1. The van der Waals surface area contributed by atoms with Crippen LogP contribution in [0.15, 0.2) is 71.4 Å². The largest absolute Gasteiger partial charge is 0.488 e. The molecule has 2 aromatic carbocycles. The highest BCUT2D eigenvalue weighted by Crippen LogP contribution is 2.24. The van der Waals surface area contributed by atoms with E-state index in [0.29, 0.717) is 34.4 Å². The Morgan fingerprint density at radius 3 is 2.47 bits per heavy atom. The van der Waals surface area contributed by atoms with E-state index in [2.05, 4.69) is 15.5 Å². The Kier molecular flexibility index (Phi) is 6.17. The summed E-state index contributed by atoms with van der Waals surface area (Å²) >= 11 is 0. The molecule has 0 aliphatic rings. The van der Waals surface area contributed by atoms with Gasteiger partial charge in [-0.25, -0.2) is 4.98 Å². The average molecular weight is 429 g/mol. The lowest BCUT2D eigenvalue weighted by atomic mass is 10.1. The molecule has 0 atom stereocenters. The zero-order chi connectivity index (χ0) is 22.5. The quantitative estimate of drug-likeness (QED) is 0.410. The molecule has 0 aliphatic carbocycles. The van der Waals surface area contributed by atoms with Crippen LogP contribution in [0, 0.1) is 20.8 Å². The summed E-state index contributed by atoms with van der Waals surface area (Å²) in [5.74, 6) is 2.01. The molecule has 32 heavy (non-hydrogen) atoms. The van der Waals surface area contributed by atoms with E-state index < -0.39 is 0 Å². The minimum absolute atomic E-state index is 0.262. The maximum atomic E-state index is 12.9. The van der Waals surface area contributed by atoms with Crippen molar-refractivity contribution in [1.29, 1.82) is 0 Å². The summed E-state index contributed by atoms with van der Waals surface area (Å²) in [6.07, 6.45) is 1.55. The lowest BCUT2D eigenvalue weighted by molar-refractivity contribution is 0.102. The molecule has 0 saturated heterocycles. The maximum absolute atomic E-state index is 12.9. The number of para-hydroxylation sites is 1. The monoisotopic (exact) mass is 429 g/mol. The van der Waals surface area contributed by atoms with E-state index in [1.807, 2.05) is 51.1 Å². The number of pyridine rings is 1. The van der Waals surface area contributed by atoms with Gasteiger partial charge in [0.05, 0.1) is 28.7 Å². The molecule has 7 nitrogen and oxygen atoms in total. The standard InChI is InChI=1S/C25H23N3O4/c1-16-8-11-20(12-9-16)31-24-13-10-19(14-26-24)27-25(29)21-6-4-5-7-23(21)30-15-22-17(2)28-32-18(22)3/h4-14H,15H2,1-3H3,(H,27,29). The third kappa shape index (κ3) is 4.95. The predicted molar refractivity (Wildman–Crippen MR) is 120 cm³/mol. The molecule has 0 radical (unpaired) electrons. The maximum Gasteiger partial charge on any atom is 0.259 e. The molecule has 0 aliphatic heterocycles. The summed E-state index contributed by atoms with van der Waals surface area (Å²) in [6, 6.07) is 18.2. The van der Waals surface area contributed by atoms with Crippen LogP contribution in [0.5, 0.6) is 17.4 Å². The number of carbonyl (C=O) groups is 1. The van der Waals surface area contributed by atoms with Crippen LogP contribution in [-0.2, 0) is 6.61 Å². The summed E-state index contributed by atoms with van der Waals surface area (Å²) in [7, 11) is 0. The van der Waals surface area contributed by atoms with Crippen molar-refractivity contribution >= 4 is 11.6 Å². The first-order chi connectivity index (χ1) is 15.5. The number of aryl methyl sites for hydroxylation is 3. The van der Waals surface area contributed by atoms with Gasteiger partial charge in [0.15, 0.2) is 0 Å². The summed E-state index contributed by atoms with van der Waals surface area (Å²) in [6.45, 7) is 5.96. The van der Waals surface area contributed by atoms with Crippen molar-refractivity contribution in [2.24, 2.45) is 0 Å². The molecule has 4 aromatic rings. The lowest BCUT2D eigenvalue weighted by Gasteiger charge is -2.12. The van der Waals surface area contributed by atoms with Crippen LogP contribution < -0.4 is 14.8 Å². The number of aromatic nitrogens is 2. The molecule has 162 valence electrons. The highest BCUT2D eigenvalue weighted by Gasteiger charge is 2.15. The van der Waals surface area contributed by atoms with Crippen LogP contribution in [0.1, 0.15) is 32.9 Å². The minimum Gasteiger partial charge on any atom is -0.488 e. The van der Waals surface area contributed by atoms with Gasteiger partial charge in [-0.05, 0) is 51.1 Å². The van der Waals surface area contributed by atoms with Crippen molar-refractivity contribution in [2.45, 2.75) is 27.4 Å². The van der Waals surface area contributed by atoms with Crippen LogP contribution in [0.4, 0.5) is 5.69 Å². The first-order valence-electron chi connectivity index (χ1n) is 10.1. The van der Waals surface area contributed by atoms with Crippen molar-refractivity contribution in [1.82, 2.24) is 10.1 Å². The van der Waals surface area contributed by atoms with Gasteiger partial charge in [0.2, 0.25) is 5.88 Å². The van der Waals surface area contributed by atoms with Crippen LogP contribution in [0.2, 0.25) is 0 Å². The first-order valence-corrected chi connectivity index (χ1v) is 10.1. The molecule has 7 heteroatoms. The molecule has 2 aromatic heterocycles. The third-order valence-electron chi connectivity index (χ3n) is 4.92. The Bertz CT molecular complexity index is 1200. The molecule has 1 N–H and O–H groups in total. The molecular formula is C25H23N3O4. The summed E-state index contributed by atoms with van der Waals surface area (Å²) < 4.78 is 16.8. The van der Waals surface area contributed by atoms with Crippen LogP contribution in [-0.4, -0.2) is 16.0 Å². The van der Waals surface area contributed by atoms with E-state index in [1.165, 1.54) is 0 Å². The second-order valence-electron chi connectivity index (χ2n) is 7.34. The van der Waals surface area contributed by atoms with E-state index >= 15 is 0 Å². The normalized spacial score (nSPS) is 10.6. The van der Waals surface area contributed by atoms with Gasteiger partial charge in [-0.2, -0.15) is 0 Å². The number of nitrogens with zero attached hydrogens (tertiary/aromatic N) is 2. The van der Waals surface area contributed by atoms with Crippen molar-refractivity contribution in [3.63, 3.8) is 0 Å². The molecule has 1 amide bonds. The number of hydrogen-bond donors (Lipinski definition) is 1. The van der Waals surface area contributed by atoms with E-state index in [0.717, 1.165) is 16.8 Å². The summed E-state index contributed by atoms with van der Waals surface area (Å²) in [4.78, 5) is 17.1. The Morgan fingerprint density at radius 2 is 1.78 bits per heavy atom. The lowest BCUT2D eigenvalue weighted by Crippen LogP contribution is -2.14. The fourth-order valence-corrected chi connectivity index (χ4v) is 3.08. The minimum atomic E-state index is -0.298. The molecular weight excluding hydrogens is 406 g/mol. The van der Waals surface area contributed by atoms with Crippen LogP contribution in [0.3, 0.4) is 0 Å². The Morgan fingerprint density at radius 1 is 1.00 bits per heavy atom. The van der Waals surface area contributed by atoms with Crippen molar-refractivity contribution in [3.8, 4) is 17.4 Å². The second-order valence-corrected chi connectivity index (χ2v) is 7.34. The smallest absolute Gasteiger partial charge is 0.259 e. The van der Waals surface area contributed by atoms with E-state index in [1.54, 1.807) is 36.5 Å². The number of ether oxygens (including phenoxy) is 2. The molecule has 0 fully saturated rings. The topological polar surface area (TPSA) is 86.5 Å². The zero-order valence-corrected chi connectivity index (χ0v) is 18.1. The highest BCUT2D eigenvalue weighted by molar-refractivity contribution is 6.06. The SMILES string of the molecule is Cc1ccc(Oc2ccc(NC(=O)c3ccccc3OCc3c(C)noc3C)cn2)cc1. The van der Waals surface area contributed by atoms with E-state index in [9.17, 15) is 4.79 Å². The van der Waals surface area contributed by atoms with Crippen LogP contribution >= 0.6 is 0 Å². The zero-order valence-electron chi connectivity index (χ0n) is 18.1. The van der Waals surface area contributed by atoms with E-state index in [4.69, 9.17) is 14.0 Å². The number of rotatable bonds is 7. The number of carbonyl (C=O) groups excluding carboxylic acids is 1. The van der Waals surface area contributed by atoms with Gasteiger partial charge in [0.25, 0.3) is 5.91 Å². The van der Waals surface area contributed by atoms with E-state index in [-0.39, 0.29) is 12.5 Å².